The molecule has 0 spiro atoms. The Morgan fingerprint density at radius 3 is 2.68 bits per heavy atom. The molecular formula is C17H21N3O5. The van der Waals surface area contributed by atoms with Crippen LogP contribution >= 0.6 is 0 Å². The van der Waals surface area contributed by atoms with Crippen molar-refractivity contribution in [1.29, 1.82) is 0 Å². The van der Waals surface area contributed by atoms with E-state index in [1.807, 2.05) is 13.8 Å². The fourth-order valence-electron chi connectivity index (χ4n) is 2.92. The van der Waals surface area contributed by atoms with Crippen LogP contribution in [0.3, 0.4) is 0 Å². The topological polar surface area (TPSA) is 102 Å². The summed E-state index contributed by atoms with van der Waals surface area (Å²) in [4.78, 5) is 36.9. The predicted octanol–water partition coefficient (Wildman–Crippen LogP) is 2.91. The number of ether oxygens (including phenoxy) is 1. The number of carbonyl (C=O) groups is 2. The second-order valence-electron chi connectivity index (χ2n) is 5.92. The number of allylic oxidation sites excluding steroid dienone is 1. The summed E-state index contributed by atoms with van der Waals surface area (Å²) < 4.78 is 5.14. The number of nitrogens with zero attached hydrogens (tertiary/aromatic N) is 2. The van der Waals surface area contributed by atoms with E-state index in [1.165, 1.54) is 23.1 Å². The zero-order valence-corrected chi connectivity index (χ0v) is 14.6. The van der Waals surface area contributed by atoms with Gasteiger partial charge in [0.25, 0.3) is 5.69 Å². The molecule has 1 aliphatic heterocycles. The zero-order valence-electron chi connectivity index (χ0n) is 14.6. The number of hydrogen-bond acceptors (Lipinski definition) is 5. The summed E-state index contributed by atoms with van der Waals surface area (Å²) in [6.45, 7) is 7.22. The Morgan fingerprint density at radius 2 is 2.12 bits per heavy atom. The van der Waals surface area contributed by atoms with E-state index in [2.05, 4.69) is 5.32 Å². The van der Waals surface area contributed by atoms with Gasteiger partial charge in [0.15, 0.2) is 0 Å². The number of esters is 1. The van der Waals surface area contributed by atoms with Crippen molar-refractivity contribution >= 4 is 17.7 Å². The first kappa shape index (κ1) is 18.4. The van der Waals surface area contributed by atoms with E-state index in [-0.39, 0.29) is 29.9 Å². The molecule has 0 saturated carbocycles. The fraction of sp³-hybridized carbons (Fsp3) is 0.412. The number of non-ortho nitro benzene ring substituents is 1. The third-order valence-electron chi connectivity index (χ3n) is 3.95. The Kier molecular flexibility index (Phi) is 5.41. The van der Waals surface area contributed by atoms with Crippen molar-refractivity contribution in [3.05, 3.63) is 51.2 Å². The van der Waals surface area contributed by atoms with Crippen LogP contribution in [0, 0.1) is 10.1 Å². The number of rotatable bonds is 5. The summed E-state index contributed by atoms with van der Waals surface area (Å²) in [7, 11) is 0. The molecule has 134 valence electrons. The first-order valence-corrected chi connectivity index (χ1v) is 7.99. The lowest BCUT2D eigenvalue weighted by molar-refractivity contribution is -0.384. The van der Waals surface area contributed by atoms with Crippen molar-refractivity contribution < 1.29 is 19.2 Å². The van der Waals surface area contributed by atoms with Crippen LogP contribution in [0.15, 0.2) is 35.5 Å². The quantitative estimate of drug-likeness (QED) is 0.501. The first-order chi connectivity index (χ1) is 11.8. The van der Waals surface area contributed by atoms with Crippen LogP contribution in [0.4, 0.5) is 10.5 Å². The molecule has 1 atom stereocenters. The molecule has 1 aromatic carbocycles. The molecule has 0 aliphatic carbocycles. The van der Waals surface area contributed by atoms with Crippen molar-refractivity contribution in [2.45, 2.75) is 39.8 Å². The van der Waals surface area contributed by atoms with Crippen LogP contribution in [0.1, 0.15) is 39.3 Å². The lowest BCUT2D eigenvalue weighted by Crippen LogP contribution is -2.50. The van der Waals surface area contributed by atoms with E-state index in [4.69, 9.17) is 4.74 Å². The molecule has 2 rings (SSSR count). The molecule has 0 unspecified atom stereocenters. The lowest BCUT2D eigenvalue weighted by Gasteiger charge is -2.37. The Labute approximate surface area is 145 Å². The lowest BCUT2D eigenvalue weighted by atomic mass is 9.94. The molecule has 0 bridgehead atoms. The van der Waals surface area contributed by atoms with Crippen molar-refractivity contribution in [2.24, 2.45) is 0 Å². The number of nitro benzene ring substituents is 1. The van der Waals surface area contributed by atoms with E-state index in [9.17, 15) is 19.7 Å². The SMILES string of the molecule is CCOC(=O)C1=C(C)N(C(C)C)C(=O)N[C@H]1c1cccc([N+](=O)[O-])c1. The summed E-state index contributed by atoms with van der Waals surface area (Å²) >= 11 is 0. The van der Waals surface area contributed by atoms with E-state index < -0.39 is 16.9 Å². The Bertz CT molecular complexity index is 742. The number of benzene rings is 1. The highest BCUT2D eigenvalue weighted by Crippen LogP contribution is 2.33. The molecule has 0 fully saturated rings. The standard InChI is InChI=1S/C17H21N3O5/c1-5-25-16(21)14-11(4)19(10(2)3)17(22)18-15(14)12-7-6-8-13(9-12)20(23)24/h6-10,15H,5H2,1-4H3,(H,18,22)/t15-/m0/s1. The second-order valence-corrected chi connectivity index (χ2v) is 5.92. The van der Waals surface area contributed by atoms with Gasteiger partial charge in [-0.15, -0.1) is 0 Å². The molecule has 1 N–H and O–H groups in total. The van der Waals surface area contributed by atoms with Crippen molar-refractivity contribution in [1.82, 2.24) is 10.2 Å². The summed E-state index contributed by atoms with van der Waals surface area (Å²) in [6, 6.07) is 4.54. The molecule has 8 heteroatoms. The number of carbonyl (C=O) groups excluding carboxylic acids is 2. The van der Waals surface area contributed by atoms with E-state index in [1.54, 1.807) is 19.9 Å². The molecular weight excluding hydrogens is 326 g/mol. The number of nitro groups is 1. The number of nitrogens with one attached hydrogen (secondary N) is 1. The number of amides is 2. The van der Waals surface area contributed by atoms with E-state index in [0.717, 1.165) is 0 Å². The molecule has 0 saturated heterocycles. The van der Waals surface area contributed by atoms with Gasteiger partial charge in [0, 0.05) is 23.9 Å². The Balaban J connectivity index is 2.58. The fourth-order valence-corrected chi connectivity index (χ4v) is 2.92. The van der Waals surface area contributed by atoms with Gasteiger partial charge < -0.3 is 10.1 Å². The smallest absolute Gasteiger partial charge is 0.338 e. The minimum atomic E-state index is -0.804. The van der Waals surface area contributed by atoms with Crippen molar-refractivity contribution in [2.75, 3.05) is 6.61 Å². The predicted molar refractivity (Wildman–Crippen MR) is 90.7 cm³/mol. The van der Waals surface area contributed by atoms with Gasteiger partial charge in [0.05, 0.1) is 23.1 Å². The third-order valence-corrected chi connectivity index (χ3v) is 3.95. The second kappa shape index (κ2) is 7.33. The van der Waals surface area contributed by atoms with Gasteiger partial charge >= 0.3 is 12.0 Å². The van der Waals surface area contributed by atoms with Crippen LogP contribution in [-0.2, 0) is 9.53 Å². The molecule has 1 aliphatic rings. The summed E-state index contributed by atoms with van der Waals surface area (Å²) in [5, 5.41) is 13.8. The van der Waals surface area contributed by atoms with Crippen LogP contribution in [-0.4, -0.2) is 34.5 Å². The van der Waals surface area contributed by atoms with Crippen LogP contribution in [0.2, 0.25) is 0 Å². The average Bonchev–Trinajstić information content (AvgIpc) is 2.54. The number of urea groups is 1. The average molecular weight is 347 g/mol. The third kappa shape index (κ3) is 3.62. The maximum atomic E-state index is 12.5. The summed E-state index contributed by atoms with van der Waals surface area (Å²) in [6.07, 6.45) is 0. The normalized spacial score (nSPS) is 17.6. The largest absolute Gasteiger partial charge is 0.463 e. The molecule has 8 nitrogen and oxygen atoms in total. The minimum Gasteiger partial charge on any atom is -0.463 e. The minimum absolute atomic E-state index is 0.112. The summed E-state index contributed by atoms with van der Waals surface area (Å²) in [5.74, 6) is -0.554. The van der Waals surface area contributed by atoms with Gasteiger partial charge in [0.1, 0.15) is 0 Å². The monoisotopic (exact) mass is 347 g/mol. The Hall–Kier alpha value is -2.90. The van der Waals surface area contributed by atoms with Crippen molar-refractivity contribution in [3.63, 3.8) is 0 Å². The van der Waals surface area contributed by atoms with Crippen LogP contribution < -0.4 is 5.32 Å². The Morgan fingerprint density at radius 1 is 1.44 bits per heavy atom. The van der Waals surface area contributed by atoms with Gasteiger partial charge in [-0.2, -0.15) is 0 Å². The highest BCUT2D eigenvalue weighted by Gasteiger charge is 2.37. The first-order valence-electron chi connectivity index (χ1n) is 7.99. The molecule has 0 aromatic heterocycles. The van der Waals surface area contributed by atoms with Gasteiger partial charge in [-0.1, -0.05) is 12.1 Å². The molecule has 0 radical (unpaired) electrons. The van der Waals surface area contributed by atoms with Gasteiger partial charge in [0.2, 0.25) is 0 Å². The van der Waals surface area contributed by atoms with Crippen LogP contribution in [0.5, 0.6) is 0 Å². The van der Waals surface area contributed by atoms with Gasteiger partial charge in [-0.3, -0.25) is 15.0 Å². The highest BCUT2D eigenvalue weighted by atomic mass is 16.6. The highest BCUT2D eigenvalue weighted by molar-refractivity contribution is 5.95. The zero-order chi connectivity index (χ0) is 18.7. The van der Waals surface area contributed by atoms with Gasteiger partial charge in [-0.25, -0.2) is 9.59 Å². The molecule has 2 amide bonds. The van der Waals surface area contributed by atoms with Gasteiger partial charge in [-0.05, 0) is 33.3 Å². The number of hydrogen-bond donors (Lipinski definition) is 1. The summed E-state index contributed by atoms with van der Waals surface area (Å²) in [5.41, 5.74) is 1.09. The maximum absolute atomic E-state index is 12.5. The van der Waals surface area contributed by atoms with E-state index in [0.29, 0.717) is 11.3 Å². The maximum Gasteiger partial charge on any atom is 0.338 e. The molecule has 1 aromatic rings. The van der Waals surface area contributed by atoms with Crippen molar-refractivity contribution in [3.8, 4) is 0 Å². The molecule has 1 heterocycles. The van der Waals surface area contributed by atoms with E-state index >= 15 is 0 Å². The molecule has 25 heavy (non-hydrogen) atoms. The van der Waals surface area contributed by atoms with Crippen LogP contribution in [0.25, 0.3) is 0 Å².